The molecule has 1 aromatic heterocycles. The lowest BCUT2D eigenvalue weighted by molar-refractivity contribution is -0.996. The summed E-state index contributed by atoms with van der Waals surface area (Å²) in [6.07, 6.45) is 3.28. The molecule has 4 N–H and O–H groups in total. The molecule has 2 aromatic carbocycles. The first-order valence-electron chi connectivity index (χ1n) is 7.69. The normalized spacial score (nSPS) is 13.9. The molecule has 0 bridgehead atoms. The van der Waals surface area contributed by atoms with Crippen molar-refractivity contribution in [1.29, 1.82) is 0 Å². The predicted molar refractivity (Wildman–Crippen MR) is 95.7 cm³/mol. The van der Waals surface area contributed by atoms with Crippen LogP contribution in [0.4, 0.5) is 17.1 Å². The fourth-order valence-electron chi connectivity index (χ4n) is 2.57. The van der Waals surface area contributed by atoms with E-state index in [-0.39, 0.29) is 17.1 Å². The summed E-state index contributed by atoms with van der Waals surface area (Å²) in [5.74, 6) is 0. The summed E-state index contributed by atoms with van der Waals surface area (Å²) in [6.45, 7) is 0. The molecule has 3 aromatic rings. The van der Waals surface area contributed by atoms with E-state index in [1.807, 2.05) is 30.3 Å². The van der Waals surface area contributed by atoms with Crippen LogP contribution in [0.2, 0.25) is 0 Å². The maximum atomic E-state index is 11.5. The van der Waals surface area contributed by atoms with E-state index in [0.717, 1.165) is 22.5 Å². The van der Waals surface area contributed by atoms with E-state index in [0.29, 0.717) is 0 Å². The second-order valence-electron chi connectivity index (χ2n) is 5.53. The van der Waals surface area contributed by atoms with Crippen LogP contribution >= 0.6 is 0 Å². The van der Waals surface area contributed by atoms with Crippen LogP contribution in [0, 0.1) is 10.4 Å². The van der Waals surface area contributed by atoms with Gasteiger partial charge in [-0.15, -0.1) is 0 Å². The van der Waals surface area contributed by atoms with Crippen molar-refractivity contribution in [3.8, 4) is 0 Å². The molecule has 9 heteroatoms. The molecule has 2 atom stereocenters. The van der Waals surface area contributed by atoms with Crippen LogP contribution in [0.1, 0.15) is 5.56 Å². The fraction of sp³-hybridized carbons (Fsp3) is 0.0588. The van der Waals surface area contributed by atoms with Crippen LogP contribution in [0.25, 0.3) is 10.9 Å². The van der Waals surface area contributed by atoms with E-state index in [1.165, 1.54) is 17.1 Å². The number of anilines is 1. The van der Waals surface area contributed by atoms with Gasteiger partial charge in [0.1, 0.15) is 5.69 Å². The third-order valence-electron chi connectivity index (χ3n) is 3.86. The second kappa shape index (κ2) is 7.54. The monoisotopic (exact) mass is 355 g/mol. The van der Waals surface area contributed by atoms with Gasteiger partial charge in [0, 0.05) is 30.3 Å². The molecule has 0 fully saturated rings. The van der Waals surface area contributed by atoms with Gasteiger partial charge in [-0.25, -0.2) is 10.4 Å². The number of para-hydroxylation sites is 1. The zero-order chi connectivity index (χ0) is 18.7. The Balaban J connectivity index is 1.94. The quantitative estimate of drug-likeness (QED) is 0.391. The largest absolute Gasteiger partial charge is 0.595 e. The Morgan fingerprint density at radius 2 is 1.85 bits per heavy atom. The fourth-order valence-corrected chi connectivity index (χ4v) is 2.57. The van der Waals surface area contributed by atoms with Gasteiger partial charge in [-0.2, -0.15) is 15.6 Å². The SMILES string of the molecule is CN(/N=C/c1cccc2cccnc12)c1ccc([NH+]([O-])O)cc1[NH+]([O-])O. The highest BCUT2D eigenvalue weighted by atomic mass is 16.8. The van der Waals surface area contributed by atoms with Crippen molar-refractivity contribution in [2.24, 2.45) is 5.10 Å². The van der Waals surface area contributed by atoms with Gasteiger partial charge in [-0.05, 0) is 12.1 Å². The van der Waals surface area contributed by atoms with Crippen molar-refractivity contribution in [3.05, 3.63) is 70.7 Å². The van der Waals surface area contributed by atoms with Crippen LogP contribution in [-0.2, 0) is 0 Å². The van der Waals surface area contributed by atoms with E-state index in [9.17, 15) is 15.6 Å². The first-order chi connectivity index (χ1) is 12.5. The summed E-state index contributed by atoms with van der Waals surface area (Å²) in [6, 6.07) is 13.4. The van der Waals surface area contributed by atoms with E-state index in [4.69, 9.17) is 5.21 Å². The molecule has 0 aliphatic rings. The predicted octanol–water partition coefficient (Wildman–Crippen LogP) is 0.512. The molecular formula is C17H17N5O4. The molecule has 2 unspecified atom stereocenters. The summed E-state index contributed by atoms with van der Waals surface area (Å²) >= 11 is 0. The highest BCUT2D eigenvalue weighted by Gasteiger charge is 2.16. The zero-order valence-electron chi connectivity index (χ0n) is 13.8. The lowest BCUT2D eigenvalue weighted by Crippen LogP contribution is -3.00. The van der Waals surface area contributed by atoms with Crippen molar-refractivity contribution in [3.63, 3.8) is 0 Å². The van der Waals surface area contributed by atoms with Crippen LogP contribution in [0.15, 0.2) is 59.8 Å². The Labute approximate surface area is 148 Å². The minimum atomic E-state index is -1.23. The molecule has 134 valence electrons. The summed E-state index contributed by atoms with van der Waals surface area (Å²) in [7, 11) is 1.59. The molecular weight excluding hydrogens is 338 g/mol. The number of quaternary nitrogens is 2. The van der Waals surface area contributed by atoms with Crippen molar-refractivity contribution in [2.75, 3.05) is 12.1 Å². The Bertz CT molecular complexity index is 940. The smallest absolute Gasteiger partial charge is 0.195 e. The third kappa shape index (κ3) is 3.68. The maximum Gasteiger partial charge on any atom is 0.195 e. The highest BCUT2D eigenvalue weighted by molar-refractivity contribution is 5.97. The summed E-state index contributed by atoms with van der Waals surface area (Å²) in [4.78, 5) is 4.34. The van der Waals surface area contributed by atoms with Crippen LogP contribution < -0.4 is 15.5 Å². The van der Waals surface area contributed by atoms with Gasteiger partial charge in [-0.1, -0.05) is 24.3 Å². The molecule has 3 rings (SSSR count). The Kier molecular flexibility index (Phi) is 5.19. The number of hydrazone groups is 1. The Morgan fingerprint density at radius 1 is 1.08 bits per heavy atom. The van der Waals surface area contributed by atoms with Crippen molar-refractivity contribution >= 4 is 34.2 Å². The topological polar surface area (TPSA) is 124 Å². The first-order valence-corrected chi connectivity index (χ1v) is 7.69. The molecule has 0 radical (unpaired) electrons. The van der Waals surface area contributed by atoms with Gasteiger partial charge in [0.25, 0.3) is 0 Å². The molecule has 0 spiro atoms. The van der Waals surface area contributed by atoms with Crippen molar-refractivity contribution in [1.82, 2.24) is 4.98 Å². The van der Waals surface area contributed by atoms with Crippen LogP contribution in [0.3, 0.4) is 0 Å². The molecule has 9 nitrogen and oxygen atoms in total. The zero-order valence-corrected chi connectivity index (χ0v) is 13.8. The first kappa shape index (κ1) is 17.9. The summed E-state index contributed by atoms with van der Waals surface area (Å²) < 4.78 is 0. The second-order valence-corrected chi connectivity index (χ2v) is 5.53. The van der Waals surface area contributed by atoms with E-state index in [1.54, 1.807) is 19.5 Å². The average molecular weight is 355 g/mol. The van der Waals surface area contributed by atoms with E-state index in [2.05, 4.69) is 10.1 Å². The number of hydrogen-bond acceptors (Lipinski definition) is 7. The third-order valence-corrected chi connectivity index (χ3v) is 3.86. The summed E-state index contributed by atoms with van der Waals surface area (Å²) in [5, 5.41) is 45.1. The van der Waals surface area contributed by atoms with Crippen LogP contribution in [0.5, 0.6) is 0 Å². The number of nitrogens with one attached hydrogen (secondary N) is 2. The molecule has 1 heterocycles. The number of rotatable bonds is 5. The highest BCUT2D eigenvalue weighted by Crippen LogP contribution is 2.24. The number of pyridine rings is 1. The minimum absolute atomic E-state index is 0.0956. The molecule has 0 amide bonds. The summed E-state index contributed by atoms with van der Waals surface area (Å²) in [5.41, 5.74) is 1.62. The Morgan fingerprint density at radius 3 is 2.58 bits per heavy atom. The maximum absolute atomic E-state index is 11.5. The molecule has 0 saturated carbocycles. The van der Waals surface area contributed by atoms with Crippen LogP contribution in [-0.4, -0.2) is 28.7 Å². The van der Waals surface area contributed by atoms with Gasteiger partial charge in [0.05, 0.1) is 17.8 Å². The van der Waals surface area contributed by atoms with Crippen molar-refractivity contribution < 1.29 is 20.9 Å². The molecule has 0 aliphatic carbocycles. The standard InChI is InChI=1S/C17H17N5O4/c1-20(15-8-7-14(21(23)24)10-16(15)22(25)26)19-11-13-5-2-4-12-6-3-9-18-17(12)13/h2-11,21-23,25H,1H3/b19-11+. The lowest BCUT2D eigenvalue weighted by atomic mass is 10.1. The number of benzene rings is 2. The average Bonchev–Trinajstić information content (AvgIpc) is 2.65. The lowest BCUT2D eigenvalue weighted by Gasteiger charge is -2.21. The number of aromatic nitrogens is 1. The van der Waals surface area contributed by atoms with Gasteiger partial charge in [0.15, 0.2) is 11.4 Å². The number of hydrogen-bond donors (Lipinski definition) is 4. The van der Waals surface area contributed by atoms with Gasteiger partial charge in [0.2, 0.25) is 0 Å². The number of nitrogens with zero attached hydrogens (tertiary/aromatic N) is 3. The van der Waals surface area contributed by atoms with E-state index < -0.39 is 10.5 Å². The Hall–Kier alpha value is -2.92. The van der Waals surface area contributed by atoms with Gasteiger partial charge >= 0.3 is 0 Å². The molecule has 0 saturated heterocycles. The van der Waals surface area contributed by atoms with Crippen molar-refractivity contribution in [2.45, 2.75) is 0 Å². The minimum Gasteiger partial charge on any atom is -0.595 e. The molecule has 26 heavy (non-hydrogen) atoms. The van der Waals surface area contributed by atoms with Gasteiger partial charge in [-0.3, -0.25) is 9.99 Å². The number of fused-ring (bicyclic) bond motifs is 1. The molecule has 0 aliphatic heterocycles. The van der Waals surface area contributed by atoms with Gasteiger partial charge < -0.3 is 10.4 Å². The van der Waals surface area contributed by atoms with E-state index >= 15 is 0 Å².